The number of nitrogens with zero attached hydrogens (tertiary/aromatic N) is 1. The van der Waals surface area contributed by atoms with E-state index in [1.807, 2.05) is 7.05 Å². The van der Waals surface area contributed by atoms with Gasteiger partial charge >= 0.3 is 5.97 Å². The molecule has 2 unspecified atom stereocenters. The average molecular weight is 243 g/mol. The molecule has 2 atom stereocenters. The van der Waals surface area contributed by atoms with E-state index in [2.05, 4.69) is 18.7 Å². The Hall–Kier alpha value is -0.610. The van der Waals surface area contributed by atoms with Crippen LogP contribution in [0.15, 0.2) is 0 Å². The van der Waals surface area contributed by atoms with Crippen LogP contribution >= 0.6 is 0 Å². The van der Waals surface area contributed by atoms with E-state index in [0.717, 1.165) is 25.7 Å². The molecule has 1 saturated heterocycles. The van der Waals surface area contributed by atoms with E-state index < -0.39 is 11.4 Å². The first kappa shape index (κ1) is 14.5. The first-order valence-corrected chi connectivity index (χ1v) is 6.53. The van der Waals surface area contributed by atoms with Crippen molar-refractivity contribution in [1.29, 1.82) is 0 Å². The summed E-state index contributed by atoms with van der Waals surface area (Å²) in [5.74, 6) is -0.715. The minimum atomic E-state index is -0.715. The molecule has 1 fully saturated rings. The molecule has 17 heavy (non-hydrogen) atoms. The van der Waals surface area contributed by atoms with Gasteiger partial charge in [-0.1, -0.05) is 13.3 Å². The second kappa shape index (κ2) is 6.36. The van der Waals surface area contributed by atoms with E-state index in [1.54, 1.807) is 0 Å². The van der Waals surface area contributed by atoms with Crippen LogP contribution in [0.5, 0.6) is 0 Å². The van der Waals surface area contributed by atoms with Gasteiger partial charge in [0.1, 0.15) is 5.41 Å². The van der Waals surface area contributed by atoms with Crippen molar-refractivity contribution in [3.63, 3.8) is 0 Å². The quantitative estimate of drug-likeness (QED) is 0.775. The summed E-state index contributed by atoms with van der Waals surface area (Å²) in [6, 6.07) is 0.429. The van der Waals surface area contributed by atoms with Gasteiger partial charge in [0.25, 0.3) is 0 Å². The Morgan fingerprint density at radius 3 is 2.76 bits per heavy atom. The second-order valence-electron chi connectivity index (χ2n) is 5.29. The van der Waals surface area contributed by atoms with Crippen LogP contribution < -0.4 is 0 Å². The second-order valence-corrected chi connectivity index (χ2v) is 5.29. The molecule has 1 rings (SSSR count). The fourth-order valence-corrected chi connectivity index (χ4v) is 2.48. The molecule has 0 amide bonds. The topological polar surface area (TPSA) is 49.8 Å². The summed E-state index contributed by atoms with van der Waals surface area (Å²) in [4.78, 5) is 13.6. The van der Waals surface area contributed by atoms with Crippen LogP contribution in [0.1, 0.15) is 39.5 Å². The van der Waals surface area contributed by atoms with E-state index in [4.69, 9.17) is 4.74 Å². The van der Waals surface area contributed by atoms with Crippen molar-refractivity contribution in [3.05, 3.63) is 0 Å². The summed E-state index contributed by atoms with van der Waals surface area (Å²) in [7, 11) is 2.01. The van der Waals surface area contributed by atoms with E-state index in [9.17, 15) is 9.90 Å². The number of hydrogen-bond acceptors (Lipinski definition) is 3. The lowest BCUT2D eigenvalue weighted by Gasteiger charge is -2.38. The molecule has 1 N–H and O–H groups in total. The van der Waals surface area contributed by atoms with E-state index >= 15 is 0 Å². The molecular formula is C13H25NO3. The molecule has 0 bridgehead atoms. The van der Waals surface area contributed by atoms with Crippen molar-refractivity contribution in [3.8, 4) is 0 Å². The summed E-state index contributed by atoms with van der Waals surface area (Å²) in [6.07, 6.45) is 3.81. The van der Waals surface area contributed by atoms with Crippen LogP contribution in [0.25, 0.3) is 0 Å². The number of carboxylic acid groups (broad SMARTS) is 1. The van der Waals surface area contributed by atoms with Crippen molar-refractivity contribution in [1.82, 2.24) is 4.90 Å². The Bertz CT molecular complexity index is 249. The Labute approximate surface area is 104 Å². The maximum Gasteiger partial charge on any atom is 0.313 e. The summed E-state index contributed by atoms with van der Waals surface area (Å²) in [6.45, 7) is 5.95. The van der Waals surface area contributed by atoms with Crippen LogP contribution in [0.2, 0.25) is 0 Å². The van der Waals surface area contributed by atoms with Gasteiger partial charge in [0.2, 0.25) is 0 Å². The average Bonchev–Trinajstić information content (AvgIpc) is 2.30. The molecule has 0 aromatic rings. The van der Waals surface area contributed by atoms with Crippen LogP contribution in [-0.2, 0) is 9.53 Å². The first-order valence-electron chi connectivity index (χ1n) is 6.53. The molecule has 0 aliphatic carbocycles. The molecule has 1 heterocycles. The molecule has 0 aromatic carbocycles. The normalized spacial score (nSPS) is 27.1. The Morgan fingerprint density at radius 1 is 1.59 bits per heavy atom. The SMILES string of the molecule is CCCC(C)N(C)CC1(C(=O)O)CCCOC1. The number of carboxylic acids is 1. The van der Waals surface area contributed by atoms with Crippen molar-refractivity contribution < 1.29 is 14.6 Å². The highest BCUT2D eigenvalue weighted by molar-refractivity contribution is 5.75. The Kier molecular flexibility index (Phi) is 5.40. The maximum absolute atomic E-state index is 11.5. The van der Waals surface area contributed by atoms with E-state index in [1.165, 1.54) is 0 Å². The molecule has 1 aliphatic heterocycles. The lowest BCUT2D eigenvalue weighted by atomic mass is 9.81. The third-order valence-electron chi connectivity index (χ3n) is 3.79. The standard InChI is InChI=1S/C13H25NO3/c1-4-6-11(2)14(3)9-13(12(15)16)7-5-8-17-10-13/h11H,4-10H2,1-3H3,(H,15,16). The third-order valence-corrected chi connectivity index (χ3v) is 3.79. The lowest BCUT2D eigenvalue weighted by Crippen LogP contribution is -2.49. The molecule has 4 nitrogen and oxygen atoms in total. The number of hydrogen-bond donors (Lipinski definition) is 1. The number of rotatable bonds is 6. The largest absolute Gasteiger partial charge is 0.481 e. The molecule has 0 saturated carbocycles. The highest BCUT2D eigenvalue weighted by Gasteiger charge is 2.41. The molecule has 4 heteroatoms. The predicted octanol–water partition coefficient (Wildman–Crippen LogP) is 1.99. The summed E-state index contributed by atoms with van der Waals surface area (Å²) >= 11 is 0. The van der Waals surface area contributed by atoms with Gasteiger partial charge in [-0.3, -0.25) is 4.79 Å². The van der Waals surface area contributed by atoms with Crippen molar-refractivity contribution in [2.45, 2.75) is 45.6 Å². The zero-order valence-corrected chi connectivity index (χ0v) is 11.2. The van der Waals surface area contributed by atoms with Gasteiger partial charge in [-0.15, -0.1) is 0 Å². The monoisotopic (exact) mass is 243 g/mol. The zero-order valence-electron chi connectivity index (χ0n) is 11.2. The lowest BCUT2D eigenvalue weighted by molar-refractivity contribution is -0.159. The fourth-order valence-electron chi connectivity index (χ4n) is 2.48. The number of aliphatic carboxylic acids is 1. The predicted molar refractivity (Wildman–Crippen MR) is 67.1 cm³/mol. The molecule has 0 radical (unpaired) electrons. The third kappa shape index (κ3) is 3.68. The van der Waals surface area contributed by atoms with Gasteiger partial charge in [0, 0.05) is 19.2 Å². The minimum absolute atomic E-state index is 0.353. The Morgan fingerprint density at radius 2 is 2.29 bits per heavy atom. The smallest absolute Gasteiger partial charge is 0.313 e. The van der Waals surface area contributed by atoms with Crippen molar-refractivity contribution in [2.75, 3.05) is 26.8 Å². The molecule has 100 valence electrons. The van der Waals surface area contributed by atoms with Gasteiger partial charge in [-0.2, -0.15) is 0 Å². The molecule has 0 aromatic heterocycles. The van der Waals surface area contributed by atoms with Crippen LogP contribution in [0.3, 0.4) is 0 Å². The highest BCUT2D eigenvalue weighted by Crippen LogP contribution is 2.30. The zero-order chi connectivity index (χ0) is 12.9. The summed E-state index contributed by atoms with van der Waals surface area (Å²) in [5.41, 5.74) is -0.699. The van der Waals surface area contributed by atoms with Crippen molar-refractivity contribution in [2.24, 2.45) is 5.41 Å². The van der Waals surface area contributed by atoms with Gasteiger partial charge < -0.3 is 14.7 Å². The van der Waals surface area contributed by atoms with Crippen LogP contribution in [0.4, 0.5) is 0 Å². The summed E-state index contributed by atoms with van der Waals surface area (Å²) < 4.78 is 5.38. The highest BCUT2D eigenvalue weighted by atomic mass is 16.5. The summed E-state index contributed by atoms with van der Waals surface area (Å²) in [5, 5.41) is 9.44. The van der Waals surface area contributed by atoms with Crippen molar-refractivity contribution >= 4 is 5.97 Å². The number of carbonyl (C=O) groups is 1. The maximum atomic E-state index is 11.5. The van der Waals surface area contributed by atoms with E-state index in [-0.39, 0.29) is 0 Å². The number of ether oxygens (including phenoxy) is 1. The molecule has 0 spiro atoms. The fraction of sp³-hybridized carbons (Fsp3) is 0.923. The van der Waals surface area contributed by atoms with Gasteiger partial charge in [0.05, 0.1) is 6.61 Å². The molecular weight excluding hydrogens is 218 g/mol. The minimum Gasteiger partial charge on any atom is -0.481 e. The van der Waals surface area contributed by atoms with Crippen LogP contribution in [-0.4, -0.2) is 48.8 Å². The van der Waals surface area contributed by atoms with Crippen LogP contribution in [0, 0.1) is 5.41 Å². The Balaban J connectivity index is 2.63. The molecule has 1 aliphatic rings. The van der Waals surface area contributed by atoms with Gasteiger partial charge in [-0.25, -0.2) is 0 Å². The van der Waals surface area contributed by atoms with Gasteiger partial charge in [0.15, 0.2) is 0 Å². The van der Waals surface area contributed by atoms with E-state index in [0.29, 0.717) is 25.8 Å². The first-order chi connectivity index (χ1) is 8.02. The van der Waals surface area contributed by atoms with Gasteiger partial charge in [-0.05, 0) is 33.2 Å².